The van der Waals surface area contributed by atoms with Crippen molar-refractivity contribution < 1.29 is 26.2 Å². The molecule has 0 heterocycles. The van der Waals surface area contributed by atoms with E-state index in [-0.39, 0.29) is 16.6 Å². The monoisotopic (exact) mass is 341 g/mol. The Labute approximate surface area is 123 Å². The highest BCUT2D eigenvalue weighted by molar-refractivity contribution is 7.85. The first-order valence-corrected chi connectivity index (χ1v) is 8.41. The van der Waals surface area contributed by atoms with Gasteiger partial charge in [0.15, 0.2) is 11.1 Å². The van der Waals surface area contributed by atoms with Crippen LogP contribution in [0.15, 0.2) is 23.1 Å². The standard InChI is InChI=1S/C10H12ClNO6S2/c1-7-2-3-8(4-9(7)20(15,16)17)12-10(13)5-19(14)18-6-11/h2-4H,5-6H2,1H3,(H,12,13)(H,15,16,17). The van der Waals surface area contributed by atoms with E-state index in [0.29, 0.717) is 5.56 Å². The fourth-order valence-electron chi connectivity index (χ4n) is 1.35. The average Bonchev–Trinajstić information content (AvgIpc) is 2.30. The average molecular weight is 342 g/mol. The highest BCUT2D eigenvalue weighted by atomic mass is 35.5. The van der Waals surface area contributed by atoms with E-state index in [0.717, 1.165) is 6.07 Å². The number of amides is 1. The summed E-state index contributed by atoms with van der Waals surface area (Å²) in [6.45, 7) is 1.50. The number of hydrogen-bond acceptors (Lipinski definition) is 5. The normalized spacial score (nSPS) is 12.9. The zero-order valence-corrected chi connectivity index (χ0v) is 12.7. The van der Waals surface area contributed by atoms with E-state index in [1.54, 1.807) is 0 Å². The summed E-state index contributed by atoms with van der Waals surface area (Å²) in [6, 6.07) is 3.67. The van der Waals surface area contributed by atoms with Crippen molar-refractivity contribution in [1.82, 2.24) is 0 Å². The molecular formula is C10H12ClNO6S2. The molecule has 1 rings (SSSR count). The number of carbonyl (C=O) groups excluding carboxylic acids is 1. The van der Waals surface area contributed by atoms with Gasteiger partial charge >= 0.3 is 0 Å². The van der Waals surface area contributed by atoms with Crippen molar-refractivity contribution in [2.75, 3.05) is 17.1 Å². The minimum absolute atomic E-state index is 0.149. The molecule has 0 fully saturated rings. The first-order valence-electron chi connectivity index (χ1n) is 5.19. The summed E-state index contributed by atoms with van der Waals surface area (Å²) in [7, 11) is -4.38. The quantitative estimate of drug-likeness (QED) is 0.591. The minimum Gasteiger partial charge on any atom is -0.325 e. The van der Waals surface area contributed by atoms with Crippen LogP contribution >= 0.6 is 11.6 Å². The fourth-order valence-corrected chi connectivity index (χ4v) is 2.87. The Hall–Kier alpha value is -1.00. The lowest BCUT2D eigenvalue weighted by Gasteiger charge is -2.08. The predicted octanol–water partition coefficient (Wildman–Crippen LogP) is 1.06. The van der Waals surface area contributed by atoms with Crippen molar-refractivity contribution in [2.45, 2.75) is 11.8 Å². The zero-order chi connectivity index (χ0) is 15.3. The van der Waals surface area contributed by atoms with Gasteiger partial charge in [-0.2, -0.15) is 8.42 Å². The molecule has 1 aromatic rings. The molecule has 0 aliphatic rings. The van der Waals surface area contributed by atoms with Crippen LogP contribution in [-0.4, -0.2) is 34.9 Å². The highest BCUT2D eigenvalue weighted by Gasteiger charge is 2.15. The summed E-state index contributed by atoms with van der Waals surface area (Å²) < 4.78 is 46.9. The van der Waals surface area contributed by atoms with Crippen LogP contribution in [0.1, 0.15) is 5.56 Å². The Morgan fingerprint density at radius 1 is 1.50 bits per heavy atom. The lowest BCUT2D eigenvalue weighted by Crippen LogP contribution is -2.20. The van der Waals surface area contributed by atoms with Crippen molar-refractivity contribution in [3.63, 3.8) is 0 Å². The van der Waals surface area contributed by atoms with Gasteiger partial charge in [-0.15, -0.1) is 0 Å². The van der Waals surface area contributed by atoms with Gasteiger partial charge in [0.1, 0.15) is 11.8 Å². The molecule has 0 aliphatic carbocycles. The van der Waals surface area contributed by atoms with Crippen LogP contribution in [0.3, 0.4) is 0 Å². The summed E-state index contributed by atoms with van der Waals surface area (Å²) in [5, 5.41) is 2.34. The second-order valence-corrected chi connectivity index (χ2v) is 6.42. The van der Waals surface area contributed by atoms with Crippen LogP contribution in [0.5, 0.6) is 0 Å². The van der Waals surface area contributed by atoms with Crippen molar-refractivity contribution in [3.05, 3.63) is 23.8 Å². The van der Waals surface area contributed by atoms with E-state index in [1.807, 2.05) is 0 Å². The van der Waals surface area contributed by atoms with Crippen molar-refractivity contribution in [2.24, 2.45) is 0 Å². The summed E-state index contributed by atoms with van der Waals surface area (Å²) in [5.74, 6) is -1.08. The Morgan fingerprint density at radius 3 is 2.70 bits per heavy atom. The van der Waals surface area contributed by atoms with Gasteiger partial charge in [-0.05, 0) is 24.6 Å². The molecule has 20 heavy (non-hydrogen) atoms. The summed E-state index contributed by atoms with van der Waals surface area (Å²) >= 11 is 3.32. The van der Waals surface area contributed by atoms with Crippen molar-refractivity contribution in [1.29, 1.82) is 0 Å². The molecule has 112 valence electrons. The third-order valence-electron chi connectivity index (χ3n) is 2.17. The van der Waals surface area contributed by atoms with Gasteiger partial charge in [0.05, 0.1) is 4.90 Å². The fraction of sp³-hybridized carbons (Fsp3) is 0.300. The van der Waals surface area contributed by atoms with Gasteiger partial charge in [-0.3, -0.25) is 13.5 Å². The number of nitrogens with one attached hydrogen (secondary N) is 1. The molecule has 0 saturated heterocycles. The van der Waals surface area contributed by atoms with Gasteiger partial charge in [0, 0.05) is 5.69 Å². The molecule has 0 saturated carbocycles. The summed E-state index contributed by atoms with van der Waals surface area (Å²) in [6.07, 6.45) is 0. The highest BCUT2D eigenvalue weighted by Crippen LogP contribution is 2.19. The molecule has 0 spiro atoms. The van der Waals surface area contributed by atoms with Gasteiger partial charge in [0.2, 0.25) is 5.91 Å². The Bertz CT molecular complexity index is 631. The Balaban J connectivity index is 2.84. The van der Waals surface area contributed by atoms with Gasteiger partial charge < -0.3 is 5.32 Å². The third-order valence-corrected chi connectivity index (χ3v) is 4.29. The second-order valence-electron chi connectivity index (χ2n) is 3.68. The number of halogens is 1. The van der Waals surface area contributed by atoms with Gasteiger partial charge in [-0.1, -0.05) is 17.7 Å². The Kier molecular flexibility index (Phi) is 6.08. The summed E-state index contributed by atoms with van der Waals surface area (Å²) in [4.78, 5) is 11.2. The van der Waals surface area contributed by atoms with Crippen molar-refractivity contribution in [3.8, 4) is 0 Å². The molecule has 2 N–H and O–H groups in total. The maximum absolute atomic E-state index is 11.5. The van der Waals surface area contributed by atoms with E-state index >= 15 is 0 Å². The van der Waals surface area contributed by atoms with E-state index < -0.39 is 32.9 Å². The largest absolute Gasteiger partial charge is 0.325 e. The zero-order valence-electron chi connectivity index (χ0n) is 10.3. The Morgan fingerprint density at radius 2 is 2.15 bits per heavy atom. The maximum Gasteiger partial charge on any atom is 0.294 e. The molecule has 0 aliphatic heterocycles. The first-order chi connectivity index (χ1) is 9.24. The number of anilines is 1. The molecule has 1 atom stereocenters. The van der Waals surface area contributed by atoms with Crippen LogP contribution in [0.25, 0.3) is 0 Å². The molecule has 1 unspecified atom stereocenters. The number of alkyl halides is 1. The van der Waals surface area contributed by atoms with E-state index in [1.165, 1.54) is 19.1 Å². The SMILES string of the molecule is Cc1ccc(NC(=O)CS(=O)OCCl)cc1S(=O)(=O)O. The minimum atomic E-state index is -4.38. The maximum atomic E-state index is 11.5. The van der Waals surface area contributed by atoms with Crippen LogP contribution in [0.2, 0.25) is 0 Å². The van der Waals surface area contributed by atoms with Gasteiger partial charge in [0.25, 0.3) is 10.1 Å². The number of benzene rings is 1. The first kappa shape index (κ1) is 17.1. The molecule has 1 aromatic carbocycles. The topological polar surface area (TPSA) is 110 Å². The third kappa shape index (κ3) is 5.17. The molecule has 0 aromatic heterocycles. The molecule has 7 nitrogen and oxygen atoms in total. The summed E-state index contributed by atoms with van der Waals surface area (Å²) in [5.41, 5.74) is 0.482. The smallest absolute Gasteiger partial charge is 0.294 e. The van der Waals surface area contributed by atoms with Crippen LogP contribution in [0, 0.1) is 6.92 Å². The van der Waals surface area contributed by atoms with Crippen LogP contribution in [0.4, 0.5) is 5.69 Å². The molecule has 10 heteroatoms. The number of carbonyl (C=O) groups is 1. The molecule has 1 amide bonds. The molecule has 0 radical (unpaired) electrons. The van der Waals surface area contributed by atoms with E-state index in [4.69, 9.17) is 16.2 Å². The predicted molar refractivity (Wildman–Crippen MR) is 74.4 cm³/mol. The second kappa shape index (κ2) is 7.14. The van der Waals surface area contributed by atoms with Gasteiger partial charge in [-0.25, -0.2) is 4.21 Å². The lowest BCUT2D eigenvalue weighted by molar-refractivity contribution is -0.113. The molecule has 0 bridgehead atoms. The molecular weight excluding hydrogens is 330 g/mol. The number of rotatable bonds is 6. The lowest BCUT2D eigenvalue weighted by atomic mass is 10.2. The number of aryl methyl sites for hydroxylation is 1. The van der Waals surface area contributed by atoms with Crippen LogP contribution < -0.4 is 5.32 Å². The van der Waals surface area contributed by atoms with Crippen molar-refractivity contribution >= 4 is 44.4 Å². The number of hydrogen-bond donors (Lipinski definition) is 2. The van der Waals surface area contributed by atoms with E-state index in [2.05, 4.69) is 9.50 Å². The van der Waals surface area contributed by atoms with E-state index in [9.17, 15) is 17.4 Å². The van der Waals surface area contributed by atoms with Crippen LogP contribution in [-0.2, 0) is 30.2 Å².